The first kappa shape index (κ1) is 18.9. The predicted molar refractivity (Wildman–Crippen MR) is 85.0 cm³/mol. The molecule has 134 valence electrons. The summed E-state index contributed by atoms with van der Waals surface area (Å²) >= 11 is 5.50. The van der Waals surface area contributed by atoms with Crippen molar-refractivity contribution in [2.45, 2.75) is 12.7 Å². The number of alkyl halides is 3. The summed E-state index contributed by atoms with van der Waals surface area (Å²) in [6.45, 7) is -0.0215. The number of carbonyl (C=O) groups excluding carboxylic acids is 1. The lowest BCUT2D eigenvalue weighted by Gasteiger charge is -2.13. The Morgan fingerprint density at radius 3 is 2.28 bits per heavy atom. The van der Waals surface area contributed by atoms with E-state index in [0.717, 1.165) is 6.20 Å². The lowest BCUT2D eigenvalue weighted by molar-refractivity contribution is -0.138. The van der Waals surface area contributed by atoms with E-state index in [4.69, 9.17) is 21.1 Å². The van der Waals surface area contributed by atoms with Gasteiger partial charge in [-0.1, -0.05) is 11.6 Å². The first-order valence-corrected chi connectivity index (χ1v) is 7.35. The molecule has 0 bridgehead atoms. The number of aromatic nitrogens is 1. The van der Waals surface area contributed by atoms with Gasteiger partial charge in [0.1, 0.15) is 16.7 Å². The molecule has 0 fully saturated rings. The number of halogens is 4. The topological polar surface area (TPSA) is 60.5 Å². The standard InChI is InChI=1S/C16H14ClF3N2O3/c1-24-10-3-9(4-11(5-10)25-2)7-22-15(23)12-8-21-14(17)6-13(12)16(18,19)20/h3-6,8H,7H2,1-2H3,(H,22,23). The van der Waals surface area contributed by atoms with Crippen LogP contribution < -0.4 is 14.8 Å². The number of methoxy groups -OCH3 is 2. The van der Waals surface area contributed by atoms with E-state index in [-0.39, 0.29) is 11.7 Å². The summed E-state index contributed by atoms with van der Waals surface area (Å²) < 4.78 is 49.3. The Kier molecular flexibility index (Phi) is 5.73. The lowest BCUT2D eigenvalue weighted by Crippen LogP contribution is -2.26. The third-order valence-electron chi connectivity index (χ3n) is 3.28. The zero-order chi connectivity index (χ0) is 18.6. The van der Waals surface area contributed by atoms with Crippen LogP contribution in [-0.4, -0.2) is 25.1 Å². The van der Waals surface area contributed by atoms with Crippen molar-refractivity contribution in [2.75, 3.05) is 14.2 Å². The van der Waals surface area contributed by atoms with Gasteiger partial charge in [-0.2, -0.15) is 13.2 Å². The fraction of sp³-hybridized carbons (Fsp3) is 0.250. The Balaban J connectivity index is 2.21. The van der Waals surface area contributed by atoms with Crippen molar-refractivity contribution >= 4 is 17.5 Å². The summed E-state index contributed by atoms with van der Waals surface area (Å²) in [5.74, 6) is 0.0683. The highest BCUT2D eigenvalue weighted by atomic mass is 35.5. The maximum atomic E-state index is 13.0. The zero-order valence-corrected chi connectivity index (χ0v) is 14.0. The van der Waals surface area contributed by atoms with Crippen molar-refractivity contribution in [3.05, 3.63) is 52.3 Å². The molecule has 1 heterocycles. The molecule has 5 nitrogen and oxygen atoms in total. The molecular weight excluding hydrogens is 361 g/mol. The summed E-state index contributed by atoms with van der Waals surface area (Å²) in [5, 5.41) is 2.07. The fourth-order valence-corrected chi connectivity index (χ4v) is 2.25. The first-order valence-electron chi connectivity index (χ1n) is 6.97. The number of amides is 1. The van der Waals surface area contributed by atoms with Crippen LogP contribution in [0.5, 0.6) is 11.5 Å². The quantitative estimate of drug-likeness (QED) is 0.811. The number of hydrogen-bond acceptors (Lipinski definition) is 4. The molecule has 0 saturated carbocycles. The Labute approximate surface area is 146 Å². The number of nitrogens with zero attached hydrogens (tertiary/aromatic N) is 1. The predicted octanol–water partition coefficient (Wildman–Crippen LogP) is 3.70. The Morgan fingerprint density at radius 2 is 1.76 bits per heavy atom. The maximum absolute atomic E-state index is 13.0. The Bertz CT molecular complexity index is 759. The fourth-order valence-electron chi connectivity index (χ4n) is 2.09. The van der Waals surface area contributed by atoms with E-state index in [2.05, 4.69) is 10.3 Å². The number of pyridine rings is 1. The molecule has 0 aliphatic heterocycles. The number of rotatable bonds is 5. The molecular formula is C16H14ClF3N2O3. The minimum Gasteiger partial charge on any atom is -0.497 e. The van der Waals surface area contributed by atoms with E-state index in [9.17, 15) is 18.0 Å². The van der Waals surface area contributed by atoms with Gasteiger partial charge in [-0.3, -0.25) is 4.79 Å². The lowest BCUT2D eigenvalue weighted by atomic mass is 10.1. The van der Waals surface area contributed by atoms with E-state index >= 15 is 0 Å². The molecule has 0 spiro atoms. The van der Waals surface area contributed by atoms with Gasteiger partial charge < -0.3 is 14.8 Å². The number of benzene rings is 1. The van der Waals surface area contributed by atoms with E-state index in [1.54, 1.807) is 18.2 Å². The molecule has 1 N–H and O–H groups in total. The summed E-state index contributed by atoms with van der Waals surface area (Å²) in [5.41, 5.74) is -1.15. The monoisotopic (exact) mass is 374 g/mol. The summed E-state index contributed by atoms with van der Waals surface area (Å²) in [6.07, 6.45) is -3.93. The third-order valence-corrected chi connectivity index (χ3v) is 3.49. The van der Waals surface area contributed by atoms with Crippen molar-refractivity contribution in [3.63, 3.8) is 0 Å². The van der Waals surface area contributed by atoms with Gasteiger partial charge in [0.05, 0.1) is 25.3 Å². The van der Waals surface area contributed by atoms with Gasteiger partial charge in [-0.25, -0.2) is 4.98 Å². The minimum absolute atomic E-state index is 0.0215. The van der Waals surface area contributed by atoms with Crippen LogP contribution in [0, 0.1) is 0 Å². The van der Waals surface area contributed by atoms with Crippen molar-refractivity contribution in [3.8, 4) is 11.5 Å². The van der Waals surface area contributed by atoms with Crippen molar-refractivity contribution in [2.24, 2.45) is 0 Å². The Morgan fingerprint density at radius 1 is 1.16 bits per heavy atom. The van der Waals surface area contributed by atoms with Gasteiger partial charge in [0, 0.05) is 18.8 Å². The SMILES string of the molecule is COc1cc(CNC(=O)c2cnc(Cl)cc2C(F)(F)F)cc(OC)c1. The minimum atomic E-state index is -4.72. The third kappa shape index (κ3) is 4.76. The van der Waals surface area contributed by atoms with Gasteiger partial charge in [-0.15, -0.1) is 0 Å². The molecule has 0 aliphatic carbocycles. The van der Waals surface area contributed by atoms with Crippen LogP contribution in [0.1, 0.15) is 21.5 Å². The second kappa shape index (κ2) is 7.60. The van der Waals surface area contributed by atoms with Crippen molar-refractivity contribution in [1.29, 1.82) is 0 Å². The molecule has 0 radical (unpaired) electrons. The molecule has 9 heteroatoms. The maximum Gasteiger partial charge on any atom is 0.417 e. The van der Waals surface area contributed by atoms with Gasteiger partial charge in [0.25, 0.3) is 5.91 Å². The average molecular weight is 375 g/mol. The van der Waals surface area contributed by atoms with Crippen molar-refractivity contribution < 1.29 is 27.4 Å². The van der Waals surface area contributed by atoms with Gasteiger partial charge >= 0.3 is 6.18 Å². The number of carbonyl (C=O) groups is 1. The molecule has 25 heavy (non-hydrogen) atoms. The first-order chi connectivity index (χ1) is 11.7. The van der Waals surface area contributed by atoms with E-state index in [1.807, 2.05) is 0 Å². The van der Waals surface area contributed by atoms with Crippen LogP contribution in [0.15, 0.2) is 30.5 Å². The molecule has 1 aromatic heterocycles. The number of hydrogen-bond donors (Lipinski definition) is 1. The zero-order valence-electron chi connectivity index (χ0n) is 13.3. The smallest absolute Gasteiger partial charge is 0.417 e. The molecule has 1 amide bonds. The molecule has 0 atom stereocenters. The molecule has 0 saturated heterocycles. The summed E-state index contributed by atoms with van der Waals surface area (Å²) in [7, 11) is 2.93. The van der Waals surface area contributed by atoms with Gasteiger partial charge in [0.15, 0.2) is 0 Å². The van der Waals surface area contributed by atoms with Crippen molar-refractivity contribution in [1.82, 2.24) is 10.3 Å². The van der Waals surface area contributed by atoms with Gasteiger partial charge in [0.2, 0.25) is 0 Å². The van der Waals surface area contributed by atoms with Crippen LogP contribution in [-0.2, 0) is 12.7 Å². The van der Waals surface area contributed by atoms with Crippen LogP contribution in [0.3, 0.4) is 0 Å². The second-order valence-electron chi connectivity index (χ2n) is 4.95. The Hall–Kier alpha value is -2.48. The average Bonchev–Trinajstić information content (AvgIpc) is 2.58. The molecule has 2 aromatic rings. The molecule has 0 aliphatic rings. The van der Waals surface area contributed by atoms with E-state index in [1.165, 1.54) is 14.2 Å². The number of nitrogens with one attached hydrogen (secondary N) is 1. The number of ether oxygens (including phenoxy) is 2. The highest BCUT2D eigenvalue weighted by molar-refractivity contribution is 6.29. The summed E-state index contributed by atoms with van der Waals surface area (Å²) in [4.78, 5) is 15.7. The van der Waals surface area contributed by atoms with E-state index < -0.39 is 23.2 Å². The molecule has 0 unspecified atom stereocenters. The van der Waals surface area contributed by atoms with Gasteiger partial charge in [-0.05, 0) is 23.8 Å². The van der Waals surface area contributed by atoms with Crippen LogP contribution in [0.25, 0.3) is 0 Å². The normalized spacial score (nSPS) is 11.1. The second-order valence-corrected chi connectivity index (χ2v) is 5.34. The largest absolute Gasteiger partial charge is 0.497 e. The summed E-state index contributed by atoms with van der Waals surface area (Å²) in [6, 6.07) is 5.52. The highest BCUT2D eigenvalue weighted by Gasteiger charge is 2.35. The van der Waals surface area contributed by atoms with E-state index in [0.29, 0.717) is 23.1 Å². The van der Waals surface area contributed by atoms with Crippen LogP contribution in [0.2, 0.25) is 5.15 Å². The van der Waals surface area contributed by atoms with Crippen LogP contribution >= 0.6 is 11.6 Å². The molecule has 2 rings (SSSR count). The van der Waals surface area contributed by atoms with Crippen LogP contribution in [0.4, 0.5) is 13.2 Å². The molecule has 1 aromatic carbocycles. The highest BCUT2D eigenvalue weighted by Crippen LogP contribution is 2.33.